The van der Waals surface area contributed by atoms with Crippen molar-refractivity contribution in [1.29, 1.82) is 0 Å². The Bertz CT molecular complexity index is 2060. The molecule has 2 amide bonds. The van der Waals surface area contributed by atoms with E-state index in [1.807, 2.05) is 31.1 Å². The average Bonchev–Trinajstić information content (AvgIpc) is 3.68. The fourth-order valence-electron chi connectivity index (χ4n) is 8.16. The molecule has 2 aliphatic carbocycles. The van der Waals surface area contributed by atoms with Crippen LogP contribution >= 0.6 is 0 Å². The van der Waals surface area contributed by atoms with E-state index < -0.39 is 12.1 Å². The van der Waals surface area contributed by atoms with E-state index in [9.17, 15) is 9.59 Å². The highest BCUT2D eigenvalue weighted by Crippen LogP contribution is 2.53. The normalized spacial score (nSPS) is 25.7. The van der Waals surface area contributed by atoms with Gasteiger partial charge in [-0.3, -0.25) is 4.79 Å². The van der Waals surface area contributed by atoms with Gasteiger partial charge in [-0.1, -0.05) is 62.4 Å². The molecule has 250 valence electrons. The molecule has 2 aromatic heterocycles. The van der Waals surface area contributed by atoms with Gasteiger partial charge in [-0.05, 0) is 83.0 Å². The predicted molar refractivity (Wildman–Crippen MR) is 187 cm³/mol. The molecule has 10 nitrogen and oxygen atoms in total. The zero-order chi connectivity index (χ0) is 33.4. The summed E-state index contributed by atoms with van der Waals surface area (Å²) in [5.74, 6) is 2.99. The van der Waals surface area contributed by atoms with E-state index in [4.69, 9.17) is 9.72 Å². The lowest BCUT2D eigenvalue weighted by Gasteiger charge is -2.31. The number of fused-ring (bicyclic) bond motifs is 3. The monoisotopic (exact) mass is 655 g/mol. The van der Waals surface area contributed by atoms with Crippen LogP contribution in [0.25, 0.3) is 44.4 Å². The topological polar surface area (TPSA) is 128 Å². The summed E-state index contributed by atoms with van der Waals surface area (Å²) in [5.41, 5.74) is 6.48. The van der Waals surface area contributed by atoms with Crippen LogP contribution in [0.5, 0.6) is 0 Å². The number of H-pyrrole nitrogens is 2. The van der Waals surface area contributed by atoms with Gasteiger partial charge in [0, 0.05) is 17.6 Å². The van der Waals surface area contributed by atoms with Gasteiger partial charge in [0.25, 0.3) is 0 Å². The minimum Gasteiger partial charge on any atom is -0.453 e. The molecule has 0 radical (unpaired) electrons. The number of aromatic amines is 2. The number of alkyl carbamates (subject to hydrolysis) is 1. The Balaban J connectivity index is 0.906. The van der Waals surface area contributed by atoms with Gasteiger partial charge in [-0.15, -0.1) is 0 Å². The smallest absolute Gasteiger partial charge is 0.407 e. The number of amides is 2. The van der Waals surface area contributed by atoms with E-state index in [-0.39, 0.29) is 23.9 Å². The zero-order valence-electron chi connectivity index (χ0n) is 27.9. The number of hydrogen-bond acceptors (Lipinski definition) is 6. The van der Waals surface area contributed by atoms with Crippen LogP contribution in [-0.4, -0.2) is 62.1 Å². The number of rotatable bonds is 8. The summed E-state index contributed by atoms with van der Waals surface area (Å²) in [5, 5.41) is 8.73. The largest absolute Gasteiger partial charge is 0.453 e. The van der Waals surface area contributed by atoms with Crippen LogP contribution < -0.4 is 10.6 Å². The average molecular weight is 656 g/mol. The van der Waals surface area contributed by atoms with Crippen LogP contribution in [0, 0.1) is 17.8 Å². The Morgan fingerprint density at radius 2 is 1.45 bits per heavy atom. The summed E-state index contributed by atoms with van der Waals surface area (Å²) in [6.07, 6.45) is 7.59. The maximum Gasteiger partial charge on any atom is 0.407 e. The second kappa shape index (κ2) is 11.6. The van der Waals surface area contributed by atoms with Crippen LogP contribution in [-0.2, 0) is 9.53 Å². The second-order valence-corrected chi connectivity index (χ2v) is 14.7. The van der Waals surface area contributed by atoms with Gasteiger partial charge in [-0.25, -0.2) is 14.8 Å². The fourth-order valence-corrected chi connectivity index (χ4v) is 8.16. The van der Waals surface area contributed by atoms with Crippen molar-refractivity contribution in [3.8, 4) is 33.6 Å². The molecule has 49 heavy (non-hydrogen) atoms. The molecular formula is C39H41N7O3. The van der Waals surface area contributed by atoms with Gasteiger partial charge in [0.1, 0.15) is 17.7 Å². The van der Waals surface area contributed by atoms with Crippen LogP contribution in [0.3, 0.4) is 0 Å². The highest BCUT2D eigenvalue weighted by molar-refractivity contribution is 5.91. The molecule has 7 atom stereocenters. The standard InChI is InChI=1S/C39H41N7O3/c1-20(2)35(45-39(48)49-3)38(47)46-33-16-28(33)17-34(46)37-41-19-32(44-37)26-11-10-24-12-23(8-9-25(24)13-26)21-4-6-22(7-5-21)31-18-40-36(43-31)30-15-27-14-29(27)42-30/h4-13,18-20,27-30,33-35,42H,14-17H2,1-3H3,(H,40,43)(H,41,44)(H,45,48)/t27-,28-,29-,30+,33-,34+,35?/m1/s1. The molecule has 10 heteroatoms. The van der Waals surface area contributed by atoms with Crippen molar-refractivity contribution >= 4 is 22.8 Å². The number of likely N-dealkylation sites (tertiary alicyclic amines) is 1. The van der Waals surface area contributed by atoms with Crippen molar-refractivity contribution in [2.24, 2.45) is 17.8 Å². The lowest BCUT2D eigenvalue weighted by atomic mass is 9.98. The van der Waals surface area contributed by atoms with Gasteiger partial charge in [0.05, 0.1) is 43.0 Å². The quantitative estimate of drug-likeness (QED) is 0.146. The van der Waals surface area contributed by atoms with Crippen molar-refractivity contribution in [2.45, 2.75) is 69.7 Å². The Morgan fingerprint density at radius 3 is 2.16 bits per heavy atom. The second-order valence-electron chi connectivity index (χ2n) is 14.7. The van der Waals surface area contributed by atoms with E-state index in [0.29, 0.717) is 18.0 Å². The molecule has 0 bridgehead atoms. The number of carbonyl (C=O) groups is 2. The Morgan fingerprint density at radius 1 is 0.796 bits per heavy atom. The number of imidazole rings is 2. The lowest BCUT2D eigenvalue weighted by molar-refractivity contribution is -0.136. The first-order valence-corrected chi connectivity index (χ1v) is 17.5. The summed E-state index contributed by atoms with van der Waals surface area (Å²) in [4.78, 5) is 44.2. The number of piperidine rings is 2. The first kappa shape index (κ1) is 30.1. The molecule has 4 aliphatic rings. The van der Waals surface area contributed by atoms with Crippen LogP contribution in [0.1, 0.15) is 63.3 Å². The van der Waals surface area contributed by atoms with Crippen LogP contribution in [0.2, 0.25) is 0 Å². The Hall–Kier alpha value is -4.96. The number of methoxy groups -OCH3 is 1. The van der Waals surface area contributed by atoms with Crippen LogP contribution in [0.4, 0.5) is 4.79 Å². The highest BCUT2D eigenvalue weighted by Gasteiger charge is 2.56. The zero-order valence-corrected chi connectivity index (χ0v) is 27.9. The van der Waals surface area contributed by atoms with Crippen molar-refractivity contribution in [3.63, 3.8) is 0 Å². The minimum atomic E-state index is -0.652. The first-order valence-electron chi connectivity index (χ1n) is 17.5. The summed E-state index contributed by atoms with van der Waals surface area (Å²) in [6.45, 7) is 3.87. The summed E-state index contributed by atoms with van der Waals surface area (Å²) in [6, 6.07) is 22.2. The van der Waals surface area contributed by atoms with Crippen molar-refractivity contribution in [3.05, 3.63) is 84.7 Å². The number of carbonyl (C=O) groups excluding carboxylic acids is 2. The molecule has 1 unspecified atom stereocenters. The van der Waals surface area contributed by atoms with E-state index in [1.165, 1.54) is 31.1 Å². The van der Waals surface area contributed by atoms with Crippen molar-refractivity contribution < 1.29 is 14.3 Å². The van der Waals surface area contributed by atoms with E-state index in [2.05, 4.69) is 86.2 Å². The predicted octanol–water partition coefficient (Wildman–Crippen LogP) is 6.75. The van der Waals surface area contributed by atoms with Gasteiger partial charge < -0.3 is 30.2 Å². The molecule has 9 rings (SSSR count). The van der Waals surface area contributed by atoms with E-state index in [0.717, 1.165) is 63.7 Å². The molecule has 3 aromatic carbocycles. The molecule has 2 aliphatic heterocycles. The van der Waals surface area contributed by atoms with Crippen LogP contribution in [0.15, 0.2) is 73.1 Å². The maximum absolute atomic E-state index is 13.8. The Labute approximate surface area is 285 Å². The van der Waals surface area contributed by atoms with Gasteiger partial charge in [-0.2, -0.15) is 0 Å². The third-order valence-electron chi connectivity index (χ3n) is 11.1. The van der Waals surface area contributed by atoms with Crippen molar-refractivity contribution in [2.75, 3.05) is 7.11 Å². The molecule has 0 spiro atoms. The third-order valence-corrected chi connectivity index (χ3v) is 11.1. The van der Waals surface area contributed by atoms with Gasteiger partial charge >= 0.3 is 6.09 Å². The molecule has 4 heterocycles. The third kappa shape index (κ3) is 5.48. The van der Waals surface area contributed by atoms with Crippen molar-refractivity contribution in [1.82, 2.24) is 35.5 Å². The Kier molecular flexibility index (Phi) is 7.12. The number of hydrogen-bond donors (Lipinski definition) is 4. The molecule has 4 N–H and O–H groups in total. The van der Waals surface area contributed by atoms with E-state index in [1.54, 1.807) is 0 Å². The number of nitrogens with zero attached hydrogens (tertiary/aromatic N) is 3. The summed E-state index contributed by atoms with van der Waals surface area (Å²) < 4.78 is 4.80. The number of ether oxygens (including phenoxy) is 1. The SMILES string of the molecule is COC(=O)NC(C(=O)N1[C@@H]2C[C@@H]2C[C@H]1c1ncc(-c2ccc3cc(-c4ccc(-c5cnc([C@@H]6C[C@H]7C[C@H]7N6)[nH]5)cc4)ccc3c2)[nH]1)C(C)C. The van der Waals surface area contributed by atoms with E-state index >= 15 is 0 Å². The number of benzene rings is 3. The fraction of sp³-hybridized carbons (Fsp3) is 0.385. The van der Waals surface area contributed by atoms with Gasteiger partial charge in [0.15, 0.2) is 0 Å². The molecule has 5 aromatic rings. The molecule has 2 saturated heterocycles. The maximum atomic E-state index is 13.8. The summed E-state index contributed by atoms with van der Waals surface area (Å²) >= 11 is 0. The molecule has 4 fully saturated rings. The number of nitrogens with one attached hydrogen (secondary N) is 4. The molecule has 2 saturated carbocycles. The first-order chi connectivity index (χ1) is 23.8. The highest BCUT2D eigenvalue weighted by atomic mass is 16.5. The molecular weight excluding hydrogens is 614 g/mol. The van der Waals surface area contributed by atoms with Gasteiger partial charge in [0.2, 0.25) is 5.91 Å². The minimum absolute atomic E-state index is 0.0746. The summed E-state index contributed by atoms with van der Waals surface area (Å²) in [7, 11) is 1.31. The lowest BCUT2D eigenvalue weighted by Crippen LogP contribution is -2.52. The number of aromatic nitrogens is 4.